The number of nitrogens with zero attached hydrogens (tertiary/aromatic N) is 4. The molecule has 2 fully saturated rings. The van der Waals surface area contributed by atoms with Gasteiger partial charge in [-0.05, 0) is 50.1 Å². The van der Waals surface area contributed by atoms with Crippen LogP contribution in [0.2, 0.25) is 0 Å². The van der Waals surface area contributed by atoms with E-state index >= 15 is 0 Å². The van der Waals surface area contributed by atoms with Crippen LogP contribution in [0.1, 0.15) is 31.9 Å². The Morgan fingerprint density at radius 1 is 1.19 bits per heavy atom. The lowest BCUT2D eigenvalue weighted by molar-refractivity contribution is -0.234. The highest BCUT2D eigenvalue weighted by atomic mass is 19.1. The van der Waals surface area contributed by atoms with Crippen molar-refractivity contribution in [2.45, 2.75) is 32.1 Å². The number of aliphatic carboxylic acids is 1. The third-order valence-electron chi connectivity index (χ3n) is 6.41. The number of ether oxygens (including phenoxy) is 2. The van der Waals surface area contributed by atoms with Crippen molar-refractivity contribution in [2.75, 3.05) is 32.1 Å². The highest BCUT2D eigenvalue weighted by Gasteiger charge is 2.45. The van der Waals surface area contributed by atoms with Crippen molar-refractivity contribution in [1.82, 2.24) is 24.8 Å². The first-order valence-corrected chi connectivity index (χ1v) is 11.9. The molecule has 1 amide bonds. The molecule has 1 saturated carbocycles. The molecule has 5 rings (SSSR count). The van der Waals surface area contributed by atoms with Crippen LogP contribution in [0.4, 0.5) is 10.3 Å². The normalized spacial score (nSPS) is 21.4. The van der Waals surface area contributed by atoms with Crippen molar-refractivity contribution in [3.05, 3.63) is 48.2 Å². The van der Waals surface area contributed by atoms with Gasteiger partial charge in [0.1, 0.15) is 12.4 Å². The summed E-state index contributed by atoms with van der Waals surface area (Å²) in [4.78, 5) is 42.0. The van der Waals surface area contributed by atoms with E-state index in [9.17, 15) is 14.0 Å². The summed E-state index contributed by atoms with van der Waals surface area (Å²) in [5.74, 6) is -0.964. The number of halogens is 1. The van der Waals surface area contributed by atoms with Gasteiger partial charge in [-0.15, -0.1) is 0 Å². The number of imidazole rings is 1. The number of anilines is 1. The number of aromatic nitrogens is 4. The van der Waals surface area contributed by atoms with Crippen LogP contribution in [-0.2, 0) is 19.1 Å². The van der Waals surface area contributed by atoms with Crippen LogP contribution in [0.3, 0.4) is 0 Å². The smallest absolute Gasteiger partial charge is 0.322 e. The number of carboxylic acid groups (broad SMARTS) is 1. The molecule has 2 aliphatic rings. The summed E-state index contributed by atoms with van der Waals surface area (Å²) in [6.07, 6.45) is 2.66. The molecule has 11 nitrogen and oxygen atoms in total. The maximum atomic E-state index is 13.6. The van der Waals surface area contributed by atoms with Crippen molar-refractivity contribution in [3.8, 4) is 22.6 Å². The fraction of sp³-hybridized carbons (Fsp3) is 0.400. The Morgan fingerprint density at radius 3 is 2.54 bits per heavy atom. The van der Waals surface area contributed by atoms with Gasteiger partial charge in [-0.2, -0.15) is 0 Å². The highest BCUT2D eigenvalue weighted by molar-refractivity contribution is 5.83. The maximum absolute atomic E-state index is 13.6. The number of carbonyl (C=O) groups excluding carboxylic acids is 1. The number of nitrogens with one attached hydrogen (secondary N) is 2. The minimum Gasteiger partial charge on any atom is -0.480 e. The molecule has 1 aromatic carbocycles. The van der Waals surface area contributed by atoms with Crippen LogP contribution in [0.25, 0.3) is 22.6 Å². The second kappa shape index (κ2) is 9.87. The van der Waals surface area contributed by atoms with E-state index in [0.29, 0.717) is 28.5 Å². The standard InChI is InChI=1S/C25H27FN6O5/c1-25(23(35)32(2)16-7-8-16)12-36-22(37-13-25)21-30-19(14-3-5-15(26)6-4-14)20(31-21)17-9-10-27-24(29-17)28-11-18(33)34/h3-6,9-10,16,22H,7-8,11-13H2,1-2H3,(H,30,31)(H,33,34)(H,27,28,29). The topological polar surface area (TPSA) is 143 Å². The Labute approximate surface area is 212 Å². The molecular formula is C25H27FN6O5. The highest BCUT2D eigenvalue weighted by Crippen LogP contribution is 2.37. The number of carboxylic acids is 1. The Morgan fingerprint density at radius 2 is 1.89 bits per heavy atom. The molecule has 3 aromatic rings. The van der Waals surface area contributed by atoms with E-state index in [1.807, 2.05) is 14.0 Å². The van der Waals surface area contributed by atoms with Crippen molar-refractivity contribution >= 4 is 17.8 Å². The molecule has 3 heterocycles. The Bertz CT molecular complexity index is 1300. The fourth-order valence-electron chi connectivity index (χ4n) is 4.19. The van der Waals surface area contributed by atoms with Gasteiger partial charge in [-0.3, -0.25) is 9.59 Å². The first-order valence-electron chi connectivity index (χ1n) is 11.9. The zero-order chi connectivity index (χ0) is 26.2. The lowest BCUT2D eigenvalue weighted by Gasteiger charge is -2.37. The zero-order valence-corrected chi connectivity index (χ0v) is 20.4. The summed E-state index contributed by atoms with van der Waals surface area (Å²) in [6.45, 7) is 1.80. The molecule has 3 N–H and O–H groups in total. The van der Waals surface area contributed by atoms with Gasteiger partial charge in [-0.25, -0.2) is 19.3 Å². The minimum absolute atomic E-state index is 0.0111. The summed E-state index contributed by atoms with van der Waals surface area (Å²) in [5.41, 5.74) is 1.22. The number of benzene rings is 1. The Balaban J connectivity index is 1.42. The minimum atomic E-state index is -1.05. The van der Waals surface area contributed by atoms with Crippen LogP contribution in [0.15, 0.2) is 36.5 Å². The van der Waals surface area contributed by atoms with Crippen molar-refractivity contribution < 1.29 is 28.6 Å². The number of amides is 1. The number of hydrogen-bond acceptors (Lipinski definition) is 8. The SMILES string of the molecule is CN(C(=O)C1(C)COC(c2nc(-c3ccc(F)cc3)c(-c3ccnc(NCC(=O)O)n3)[nH]2)OC1)C1CC1. The van der Waals surface area contributed by atoms with E-state index in [1.165, 1.54) is 18.3 Å². The average Bonchev–Trinajstić information content (AvgIpc) is 3.66. The van der Waals surface area contributed by atoms with Gasteiger partial charge in [0.2, 0.25) is 18.1 Å². The molecule has 194 valence electrons. The van der Waals surface area contributed by atoms with Crippen molar-refractivity contribution in [3.63, 3.8) is 0 Å². The maximum Gasteiger partial charge on any atom is 0.322 e. The van der Waals surface area contributed by atoms with Crippen LogP contribution in [0, 0.1) is 11.2 Å². The lowest BCUT2D eigenvalue weighted by atomic mass is 9.90. The molecule has 12 heteroatoms. The zero-order valence-electron chi connectivity index (χ0n) is 20.4. The molecule has 1 aliphatic heterocycles. The number of aromatic amines is 1. The molecule has 0 unspecified atom stereocenters. The quantitative estimate of drug-likeness (QED) is 0.417. The number of rotatable bonds is 8. The third kappa shape index (κ3) is 5.30. The molecule has 1 saturated heterocycles. The average molecular weight is 511 g/mol. The summed E-state index contributed by atoms with van der Waals surface area (Å²) < 4.78 is 25.5. The number of carbonyl (C=O) groups is 2. The summed E-state index contributed by atoms with van der Waals surface area (Å²) in [7, 11) is 1.81. The molecule has 0 spiro atoms. The van der Waals surface area contributed by atoms with E-state index in [0.717, 1.165) is 12.8 Å². The third-order valence-corrected chi connectivity index (χ3v) is 6.41. The monoisotopic (exact) mass is 510 g/mol. The van der Waals surface area contributed by atoms with Gasteiger partial charge >= 0.3 is 5.97 Å². The van der Waals surface area contributed by atoms with Gasteiger partial charge in [0, 0.05) is 24.8 Å². The van der Waals surface area contributed by atoms with E-state index in [2.05, 4.69) is 25.3 Å². The molecular weight excluding hydrogens is 483 g/mol. The predicted molar refractivity (Wildman–Crippen MR) is 130 cm³/mol. The summed E-state index contributed by atoms with van der Waals surface area (Å²) >= 11 is 0. The number of hydrogen-bond donors (Lipinski definition) is 3. The summed E-state index contributed by atoms with van der Waals surface area (Å²) in [5, 5.41) is 11.6. The fourth-order valence-corrected chi connectivity index (χ4v) is 4.19. The van der Waals surface area contributed by atoms with Gasteiger partial charge < -0.3 is 29.8 Å². The second-order valence-corrected chi connectivity index (χ2v) is 9.53. The van der Waals surface area contributed by atoms with Crippen LogP contribution >= 0.6 is 0 Å². The molecule has 0 atom stereocenters. The lowest BCUT2D eigenvalue weighted by Crippen LogP contribution is -2.49. The first-order chi connectivity index (χ1) is 17.7. The summed E-state index contributed by atoms with van der Waals surface area (Å²) in [6, 6.07) is 7.77. The molecule has 37 heavy (non-hydrogen) atoms. The first kappa shape index (κ1) is 24.8. The number of H-pyrrole nitrogens is 1. The molecule has 2 aromatic heterocycles. The predicted octanol–water partition coefficient (Wildman–Crippen LogP) is 2.84. The Kier molecular flexibility index (Phi) is 6.61. The van der Waals surface area contributed by atoms with Crippen LogP contribution < -0.4 is 5.32 Å². The van der Waals surface area contributed by atoms with Gasteiger partial charge in [-0.1, -0.05) is 0 Å². The van der Waals surface area contributed by atoms with Crippen molar-refractivity contribution in [2.24, 2.45) is 5.41 Å². The van der Waals surface area contributed by atoms with E-state index < -0.39 is 17.7 Å². The van der Waals surface area contributed by atoms with E-state index in [-0.39, 0.29) is 43.5 Å². The van der Waals surface area contributed by atoms with Crippen molar-refractivity contribution in [1.29, 1.82) is 0 Å². The Hall–Kier alpha value is -3.90. The van der Waals surface area contributed by atoms with Crippen LogP contribution in [0.5, 0.6) is 0 Å². The molecule has 0 radical (unpaired) electrons. The van der Waals surface area contributed by atoms with E-state index in [1.54, 1.807) is 23.1 Å². The van der Waals surface area contributed by atoms with Gasteiger partial charge in [0.25, 0.3) is 0 Å². The molecule has 1 aliphatic carbocycles. The second-order valence-electron chi connectivity index (χ2n) is 9.53. The largest absolute Gasteiger partial charge is 0.480 e. The van der Waals surface area contributed by atoms with E-state index in [4.69, 9.17) is 14.6 Å². The van der Waals surface area contributed by atoms with Crippen LogP contribution in [-0.4, -0.2) is 74.7 Å². The molecule has 0 bridgehead atoms. The van der Waals surface area contributed by atoms with Gasteiger partial charge in [0.05, 0.1) is 35.7 Å². The van der Waals surface area contributed by atoms with Gasteiger partial charge in [0.15, 0.2) is 5.82 Å².